The molecule has 176 valence electrons. The third-order valence-corrected chi connectivity index (χ3v) is 5.43. The molecular weight excluding hydrogens is 454 g/mol. The van der Waals surface area contributed by atoms with Gasteiger partial charge in [-0.2, -0.15) is 0 Å². The molecule has 8 heteroatoms. The summed E-state index contributed by atoms with van der Waals surface area (Å²) in [5.41, 5.74) is 2.12. The lowest BCUT2D eigenvalue weighted by Gasteiger charge is -2.18. The zero-order valence-corrected chi connectivity index (χ0v) is 20.0. The highest BCUT2D eigenvalue weighted by atomic mass is 35.5. The van der Waals surface area contributed by atoms with Crippen LogP contribution in [0.2, 0.25) is 5.02 Å². The highest BCUT2D eigenvalue weighted by Gasteiger charge is 2.15. The fourth-order valence-corrected chi connectivity index (χ4v) is 3.56. The van der Waals surface area contributed by atoms with E-state index < -0.39 is 5.60 Å². The number of aliphatic hydroxyl groups is 1. The van der Waals surface area contributed by atoms with Crippen molar-refractivity contribution in [2.75, 3.05) is 13.2 Å². The molecule has 0 amide bonds. The van der Waals surface area contributed by atoms with Crippen molar-refractivity contribution >= 4 is 22.5 Å². The minimum absolute atomic E-state index is 0.0433. The molecule has 2 heterocycles. The zero-order chi connectivity index (χ0) is 24.3. The first-order valence-corrected chi connectivity index (χ1v) is 11.3. The molecule has 1 N–H and O–H groups in total. The van der Waals surface area contributed by atoms with Crippen molar-refractivity contribution in [2.45, 2.75) is 32.8 Å². The van der Waals surface area contributed by atoms with Crippen LogP contribution in [0.3, 0.4) is 0 Å². The normalized spacial score (nSPS) is 11.6. The second-order valence-corrected chi connectivity index (χ2v) is 9.15. The van der Waals surface area contributed by atoms with Crippen LogP contribution in [0.25, 0.3) is 16.6 Å². The minimum atomic E-state index is -0.953. The number of hydrogen-bond donors (Lipinski definition) is 1. The van der Waals surface area contributed by atoms with Gasteiger partial charge in [-0.1, -0.05) is 23.7 Å². The van der Waals surface area contributed by atoms with E-state index in [1.54, 1.807) is 26.2 Å². The van der Waals surface area contributed by atoms with Crippen LogP contribution >= 0.6 is 11.6 Å². The highest BCUT2D eigenvalue weighted by Crippen LogP contribution is 2.24. The summed E-state index contributed by atoms with van der Waals surface area (Å²) in [7, 11) is 0. The first kappa shape index (κ1) is 23.7. The summed E-state index contributed by atoms with van der Waals surface area (Å²) in [4.78, 5) is 21.6. The van der Waals surface area contributed by atoms with Crippen molar-refractivity contribution in [1.29, 1.82) is 0 Å². The second kappa shape index (κ2) is 9.83. The summed E-state index contributed by atoms with van der Waals surface area (Å²) in [6.07, 6.45) is 3.78. The van der Waals surface area contributed by atoms with E-state index in [0.29, 0.717) is 29.6 Å². The maximum atomic E-state index is 13.0. The molecule has 0 bridgehead atoms. The fraction of sp³-hybridized carbons (Fsp3) is 0.269. The van der Waals surface area contributed by atoms with Gasteiger partial charge < -0.3 is 14.6 Å². The van der Waals surface area contributed by atoms with Crippen molar-refractivity contribution in [2.24, 2.45) is 0 Å². The Kier molecular flexibility index (Phi) is 6.86. The zero-order valence-electron chi connectivity index (χ0n) is 19.3. The number of fused-ring (bicyclic) bond motifs is 1. The first-order chi connectivity index (χ1) is 16.2. The van der Waals surface area contributed by atoms with Gasteiger partial charge in [-0.3, -0.25) is 9.36 Å². The van der Waals surface area contributed by atoms with E-state index >= 15 is 0 Å². The Hall–Kier alpha value is -3.42. The molecule has 0 unspecified atom stereocenters. The summed E-state index contributed by atoms with van der Waals surface area (Å²) in [6, 6.07) is 14.9. The van der Waals surface area contributed by atoms with Crippen molar-refractivity contribution < 1.29 is 14.6 Å². The van der Waals surface area contributed by atoms with Gasteiger partial charge in [0, 0.05) is 41.0 Å². The van der Waals surface area contributed by atoms with Gasteiger partial charge in [-0.05, 0) is 62.2 Å². The number of halogens is 1. The number of benzene rings is 2. The minimum Gasteiger partial charge on any atom is -0.475 e. The van der Waals surface area contributed by atoms with Crippen molar-refractivity contribution in [1.82, 2.24) is 14.5 Å². The number of nitrogens with zero attached hydrogens (tertiary/aromatic N) is 3. The molecule has 0 fully saturated rings. The van der Waals surface area contributed by atoms with Crippen LogP contribution < -0.4 is 15.0 Å². The Balaban J connectivity index is 1.54. The number of rotatable bonds is 8. The van der Waals surface area contributed by atoms with Gasteiger partial charge in [0.25, 0.3) is 5.88 Å². The molecule has 7 nitrogen and oxygen atoms in total. The molecule has 0 radical (unpaired) electrons. The molecule has 0 aliphatic heterocycles. The SMILES string of the molecule is Cc1cc(OCC(C)(C)O)nc2ccc(-n3ccnc(OCCc4ccc(Cl)cc4)c3=O)cc12. The first-order valence-electron chi connectivity index (χ1n) is 10.9. The standard InChI is InChI=1S/C26H26ClN3O4/c1-17-14-23(34-16-26(2,3)32)29-22-9-8-20(15-21(17)22)30-12-11-28-24(25(30)31)33-13-10-18-4-6-19(27)7-5-18/h4-9,11-12,14-15,32H,10,13,16H2,1-3H3. The molecule has 0 atom stereocenters. The lowest BCUT2D eigenvalue weighted by molar-refractivity contribution is 0.0269. The van der Waals surface area contributed by atoms with Gasteiger partial charge in [-0.15, -0.1) is 0 Å². The molecule has 0 spiro atoms. The fourth-order valence-electron chi connectivity index (χ4n) is 3.44. The summed E-state index contributed by atoms with van der Waals surface area (Å²) in [6.45, 7) is 5.76. The molecule has 4 rings (SSSR count). The highest BCUT2D eigenvalue weighted by molar-refractivity contribution is 6.30. The Labute approximate surface area is 202 Å². The van der Waals surface area contributed by atoms with Crippen LogP contribution in [0.1, 0.15) is 25.0 Å². The van der Waals surface area contributed by atoms with Gasteiger partial charge in [0.05, 0.1) is 17.7 Å². The molecule has 34 heavy (non-hydrogen) atoms. The van der Waals surface area contributed by atoms with Crippen molar-refractivity contribution in [3.63, 3.8) is 0 Å². The summed E-state index contributed by atoms with van der Waals surface area (Å²) in [5, 5.41) is 11.5. The third-order valence-electron chi connectivity index (χ3n) is 5.18. The predicted octanol–water partition coefficient (Wildman–Crippen LogP) is 4.51. The Morgan fingerprint density at radius 3 is 2.59 bits per heavy atom. The van der Waals surface area contributed by atoms with E-state index in [1.165, 1.54) is 4.57 Å². The van der Waals surface area contributed by atoms with Crippen LogP contribution in [0, 0.1) is 6.92 Å². The van der Waals surface area contributed by atoms with Crippen molar-refractivity contribution in [3.8, 4) is 17.4 Å². The molecule has 0 saturated carbocycles. The quantitative estimate of drug-likeness (QED) is 0.400. The third kappa shape index (κ3) is 5.73. The van der Waals surface area contributed by atoms with Crippen LogP contribution in [0.5, 0.6) is 11.8 Å². The van der Waals surface area contributed by atoms with Crippen molar-refractivity contribution in [3.05, 3.63) is 87.4 Å². The molecular formula is C26H26ClN3O4. The smallest absolute Gasteiger partial charge is 0.317 e. The number of hydrogen-bond acceptors (Lipinski definition) is 6. The van der Waals surface area contributed by atoms with Gasteiger partial charge in [-0.25, -0.2) is 9.97 Å². The molecule has 2 aromatic carbocycles. The molecule has 0 aliphatic carbocycles. The lowest BCUT2D eigenvalue weighted by Crippen LogP contribution is -2.28. The van der Waals surface area contributed by atoms with Crippen LogP contribution in [-0.2, 0) is 6.42 Å². The van der Waals surface area contributed by atoms with E-state index in [1.807, 2.05) is 55.5 Å². The molecule has 4 aromatic rings. The van der Waals surface area contributed by atoms with Gasteiger partial charge >= 0.3 is 5.56 Å². The maximum Gasteiger partial charge on any atom is 0.317 e. The van der Waals surface area contributed by atoms with E-state index in [2.05, 4.69) is 9.97 Å². The summed E-state index contributed by atoms with van der Waals surface area (Å²) in [5.74, 6) is 0.485. The van der Waals surface area contributed by atoms with E-state index in [4.69, 9.17) is 21.1 Å². The molecule has 0 aliphatic rings. The Morgan fingerprint density at radius 1 is 1.09 bits per heavy atom. The summed E-state index contributed by atoms with van der Waals surface area (Å²) >= 11 is 5.92. The predicted molar refractivity (Wildman–Crippen MR) is 132 cm³/mol. The average Bonchev–Trinajstić information content (AvgIpc) is 2.80. The Morgan fingerprint density at radius 2 is 1.85 bits per heavy atom. The number of aromatic nitrogens is 3. The molecule has 2 aromatic heterocycles. The topological polar surface area (TPSA) is 86.5 Å². The second-order valence-electron chi connectivity index (χ2n) is 8.71. The number of pyridine rings is 1. The monoisotopic (exact) mass is 479 g/mol. The Bertz CT molecular complexity index is 1360. The van der Waals surface area contributed by atoms with E-state index in [9.17, 15) is 9.90 Å². The lowest BCUT2D eigenvalue weighted by atomic mass is 10.1. The summed E-state index contributed by atoms with van der Waals surface area (Å²) < 4.78 is 12.8. The van der Waals surface area contributed by atoms with Crippen LogP contribution in [-0.4, -0.2) is 38.5 Å². The average molecular weight is 480 g/mol. The number of aryl methyl sites for hydroxylation is 1. The molecule has 0 saturated heterocycles. The van der Waals surface area contributed by atoms with Gasteiger partial charge in [0.15, 0.2) is 0 Å². The van der Waals surface area contributed by atoms with E-state index in [-0.39, 0.29) is 18.0 Å². The van der Waals surface area contributed by atoms with Gasteiger partial charge in [0.1, 0.15) is 6.61 Å². The largest absolute Gasteiger partial charge is 0.475 e. The van der Waals surface area contributed by atoms with Gasteiger partial charge in [0.2, 0.25) is 5.88 Å². The number of ether oxygens (including phenoxy) is 2. The van der Waals surface area contributed by atoms with Crippen LogP contribution in [0.15, 0.2) is 65.7 Å². The van der Waals surface area contributed by atoms with E-state index in [0.717, 1.165) is 22.0 Å². The maximum absolute atomic E-state index is 13.0. The van der Waals surface area contributed by atoms with Crippen LogP contribution in [0.4, 0.5) is 0 Å².